The van der Waals surface area contributed by atoms with E-state index in [9.17, 15) is 19.5 Å². The fourth-order valence-electron chi connectivity index (χ4n) is 3.13. The highest BCUT2D eigenvalue weighted by atomic mass is 16.4. The van der Waals surface area contributed by atoms with E-state index in [-0.39, 0.29) is 18.2 Å². The summed E-state index contributed by atoms with van der Waals surface area (Å²) in [6.07, 6.45) is 4.46. The van der Waals surface area contributed by atoms with Gasteiger partial charge in [0.15, 0.2) is 0 Å². The van der Waals surface area contributed by atoms with Crippen molar-refractivity contribution in [2.75, 3.05) is 13.6 Å². The maximum Gasteiger partial charge on any atom is 0.310 e. The standard InChI is InChI=1S/C14H22N2O4/c1-15-12(18)10-5-2-3-8-16(10)11(17)9-14(13(19)20)6-4-7-14/h10H,2-9H2,1H3,(H,15,18)(H,19,20). The zero-order valence-electron chi connectivity index (χ0n) is 11.9. The lowest BCUT2D eigenvalue weighted by Gasteiger charge is -2.41. The Morgan fingerprint density at radius 1 is 1.25 bits per heavy atom. The monoisotopic (exact) mass is 282 g/mol. The van der Waals surface area contributed by atoms with Gasteiger partial charge in [-0.2, -0.15) is 0 Å². The van der Waals surface area contributed by atoms with Crippen molar-refractivity contribution >= 4 is 17.8 Å². The van der Waals surface area contributed by atoms with E-state index in [1.54, 1.807) is 11.9 Å². The number of amides is 2. The molecule has 2 fully saturated rings. The van der Waals surface area contributed by atoms with Crippen LogP contribution in [0.25, 0.3) is 0 Å². The van der Waals surface area contributed by atoms with Crippen molar-refractivity contribution in [2.45, 2.75) is 51.0 Å². The van der Waals surface area contributed by atoms with Gasteiger partial charge in [0, 0.05) is 20.0 Å². The first-order valence-corrected chi connectivity index (χ1v) is 7.25. The molecule has 1 aliphatic carbocycles. The van der Waals surface area contributed by atoms with E-state index in [0.717, 1.165) is 19.3 Å². The third-order valence-electron chi connectivity index (χ3n) is 4.63. The highest BCUT2D eigenvalue weighted by Crippen LogP contribution is 2.44. The van der Waals surface area contributed by atoms with Gasteiger partial charge in [0.1, 0.15) is 6.04 Å². The third kappa shape index (κ3) is 2.64. The highest BCUT2D eigenvalue weighted by molar-refractivity contribution is 5.90. The van der Waals surface area contributed by atoms with Crippen LogP contribution in [0.5, 0.6) is 0 Å². The van der Waals surface area contributed by atoms with Gasteiger partial charge in [-0.15, -0.1) is 0 Å². The normalized spacial score (nSPS) is 24.6. The summed E-state index contributed by atoms with van der Waals surface area (Å²) in [6.45, 7) is 0.548. The molecular weight excluding hydrogens is 260 g/mol. The summed E-state index contributed by atoms with van der Waals surface area (Å²) in [7, 11) is 1.56. The number of carboxylic acid groups (broad SMARTS) is 1. The molecule has 6 nitrogen and oxygen atoms in total. The number of hydrogen-bond donors (Lipinski definition) is 2. The predicted octanol–water partition coefficient (Wildman–Crippen LogP) is 0.758. The lowest BCUT2D eigenvalue weighted by atomic mass is 9.66. The SMILES string of the molecule is CNC(=O)C1CCCCN1C(=O)CC1(C(=O)O)CCC1. The minimum atomic E-state index is -0.887. The Balaban J connectivity index is 2.06. The van der Waals surface area contributed by atoms with Crippen molar-refractivity contribution in [3.63, 3.8) is 0 Å². The molecule has 112 valence electrons. The second-order valence-electron chi connectivity index (χ2n) is 5.83. The van der Waals surface area contributed by atoms with Crippen molar-refractivity contribution < 1.29 is 19.5 Å². The molecule has 1 saturated heterocycles. The van der Waals surface area contributed by atoms with Gasteiger partial charge in [-0.3, -0.25) is 14.4 Å². The second-order valence-corrected chi connectivity index (χ2v) is 5.83. The number of piperidine rings is 1. The molecule has 6 heteroatoms. The molecule has 0 radical (unpaired) electrons. The zero-order valence-corrected chi connectivity index (χ0v) is 11.9. The third-order valence-corrected chi connectivity index (χ3v) is 4.63. The molecular formula is C14H22N2O4. The summed E-state index contributed by atoms with van der Waals surface area (Å²) >= 11 is 0. The molecule has 2 N–H and O–H groups in total. The number of carbonyl (C=O) groups is 3. The first-order valence-electron chi connectivity index (χ1n) is 7.25. The lowest BCUT2D eigenvalue weighted by Crippen LogP contribution is -2.53. The van der Waals surface area contributed by atoms with Gasteiger partial charge in [-0.25, -0.2) is 0 Å². The highest BCUT2D eigenvalue weighted by Gasteiger charge is 2.47. The molecule has 1 heterocycles. The van der Waals surface area contributed by atoms with Crippen molar-refractivity contribution in [3.05, 3.63) is 0 Å². The van der Waals surface area contributed by atoms with Crippen LogP contribution >= 0.6 is 0 Å². The Kier molecular flexibility index (Phi) is 4.30. The van der Waals surface area contributed by atoms with Gasteiger partial charge in [0.2, 0.25) is 11.8 Å². The van der Waals surface area contributed by atoms with E-state index >= 15 is 0 Å². The van der Waals surface area contributed by atoms with E-state index in [0.29, 0.717) is 25.8 Å². The van der Waals surface area contributed by atoms with Gasteiger partial charge < -0.3 is 15.3 Å². The van der Waals surface area contributed by atoms with Crippen LogP contribution in [0.1, 0.15) is 44.9 Å². The van der Waals surface area contributed by atoms with Crippen LogP contribution in [0, 0.1) is 5.41 Å². The van der Waals surface area contributed by atoms with Gasteiger partial charge in [0.25, 0.3) is 0 Å². The van der Waals surface area contributed by atoms with Crippen LogP contribution in [0.15, 0.2) is 0 Å². The molecule has 1 atom stereocenters. The van der Waals surface area contributed by atoms with Crippen molar-refractivity contribution in [1.29, 1.82) is 0 Å². The quantitative estimate of drug-likeness (QED) is 0.797. The van der Waals surface area contributed by atoms with Gasteiger partial charge in [0.05, 0.1) is 5.41 Å². The maximum absolute atomic E-state index is 12.4. The molecule has 1 saturated carbocycles. The Bertz CT molecular complexity index is 417. The van der Waals surface area contributed by atoms with Crippen molar-refractivity contribution in [3.8, 4) is 0 Å². The van der Waals surface area contributed by atoms with Crippen molar-refractivity contribution in [2.24, 2.45) is 5.41 Å². The zero-order chi connectivity index (χ0) is 14.8. The fraction of sp³-hybridized carbons (Fsp3) is 0.786. The smallest absolute Gasteiger partial charge is 0.310 e. The Morgan fingerprint density at radius 2 is 1.95 bits per heavy atom. The van der Waals surface area contributed by atoms with Crippen LogP contribution in [-0.4, -0.2) is 47.4 Å². The van der Waals surface area contributed by atoms with E-state index < -0.39 is 17.4 Å². The minimum Gasteiger partial charge on any atom is -0.481 e. The summed E-state index contributed by atoms with van der Waals surface area (Å²) < 4.78 is 0. The number of carboxylic acids is 1. The van der Waals surface area contributed by atoms with Gasteiger partial charge in [-0.1, -0.05) is 6.42 Å². The van der Waals surface area contributed by atoms with Crippen LogP contribution in [-0.2, 0) is 14.4 Å². The van der Waals surface area contributed by atoms with Crippen LogP contribution < -0.4 is 5.32 Å². The summed E-state index contributed by atoms with van der Waals surface area (Å²) in [5.41, 5.74) is -0.887. The minimum absolute atomic E-state index is 0.0236. The number of aliphatic carboxylic acids is 1. The van der Waals surface area contributed by atoms with Crippen LogP contribution in [0.4, 0.5) is 0 Å². The molecule has 2 rings (SSSR count). The molecule has 20 heavy (non-hydrogen) atoms. The summed E-state index contributed by atoms with van der Waals surface area (Å²) in [5, 5.41) is 11.9. The van der Waals surface area contributed by atoms with E-state index in [2.05, 4.69) is 5.32 Å². The van der Waals surface area contributed by atoms with E-state index in [1.807, 2.05) is 0 Å². The summed E-state index contributed by atoms with van der Waals surface area (Å²) in [5.74, 6) is -1.23. The van der Waals surface area contributed by atoms with Gasteiger partial charge >= 0.3 is 5.97 Å². The molecule has 0 aromatic carbocycles. The molecule has 1 aliphatic heterocycles. The largest absolute Gasteiger partial charge is 0.481 e. The van der Waals surface area contributed by atoms with E-state index in [4.69, 9.17) is 0 Å². The Labute approximate surface area is 118 Å². The number of likely N-dealkylation sites (N-methyl/N-ethyl adjacent to an activating group) is 1. The molecule has 2 aliphatic rings. The number of hydrogen-bond acceptors (Lipinski definition) is 3. The first kappa shape index (κ1) is 14.8. The van der Waals surface area contributed by atoms with Gasteiger partial charge in [-0.05, 0) is 32.1 Å². The fourth-order valence-corrected chi connectivity index (χ4v) is 3.13. The molecule has 1 unspecified atom stereocenters. The molecule has 0 aromatic rings. The number of carbonyl (C=O) groups excluding carboxylic acids is 2. The summed E-state index contributed by atoms with van der Waals surface area (Å²) in [6, 6.07) is -0.438. The summed E-state index contributed by atoms with van der Waals surface area (Å²) in [4.78, 5) is 37.2. The lowest BCUT2D eigenvalue weighted by molar-refractivity contribution is -0.161. The van der Waals surface area contributed by atoms with Crippen LogP contribution in [0.3, 0.4) is 0 Å². The Hall–Kier alpha value is -1.59. The number of likely N-dealkylation sites (tertiary alicyclic amines) is 1. The van der Waals surface area contributed by atoms with Crippen molar-refractivity contribution in [1.82, 2.24) is 10.2 Å². The molecule has 0 aromatic heterocycles. The number of nitrogens with one attached hydrogen (secondary N) is 1. The van der Waals surface area contributed by atoms with E-state index in [1.165, 1.54) is 0 Å². The number of nitrogens with zero attached hydrogens (tertiary/aromatic N) is 1. The topological polar surface area (TPSA) is 86.7 Å². The predicted molar refractivity (Wildman–Crippen MR) is 72.0 cm³/mol. The average Bonchev–Trinajstić information content (AvgIpc) is 2.41. The Morgan fingerprint density at radius 3 is 2.45 bits per heavy atom. The number of rotatable bonds is 4. The maximum atomic E-state index is 12.4. The average molecular weight is 282 g/mol. The first-order chi connectivity index (χ1) is 9.50. The van der Waals surface area contributed by atoms with Crippen LogP contribution in [0.2, 0.25) is 0 Å². The molecule has 2 amide bonds. The molecule has 0 spiro atoms. The second kappa shape index (κ2) is 5.81. The molecule has 0 bridgehead atoms.